The number of aromatic nitrogens is 3. The number of amides is 1. The molecule has 2 aromatic carbocycles. The predicted molar refractivity (Wildman–Crippen MR) is 136 cm³/mol. The minimum Gasteiger partial charge on any atom is -0.495 e. The van der Waals surface area contributed by atoms with Gasteiger partial charge in [0.05, 0.1) is 18.4 Å². The Hall–Kier alpha value is -4.40. The molecule has 1 fully saturated rings. The number of methoxy groups -OCH3 is 1. The Morgan fingerprint density at radius 3 is 2.58 bits per heavy atom. The summed E-state index contributed by atoms with van der Waals surface area (Å²) in [7, 11) is 1.65. The SMILES string of the molecule is COc1ccccc1N1CCN(C(=O)Cn2cc(-c3nc(-c4cccc(C)c4)no3)ccc2=O)CC1. The van der Waals surface area contributed by atoms with Crippen molar-refractivity contribution in [1.29, 1.82) is 0 Å². The highest BCUT2D eigenvalue weighted by atomic mass is 16.5. The van der Waals surface area contributed by atoms with E-state index in [2.05, 4.69) is 15.0 Å². The molecule has 0 aliphatic carbocycles. The highest BCUT2D eigenvalue weighted by Gasteiger charge is 2.23. The molecule has 1 aliphatic heterocycles. The lowest BCUT2D eigenvalue weighted by Crippen LogP contribution is -2.50. The largest absolute Gasteiger partial charge is 0.495 e. The van der Waals surface area contributed by atoms with E-state index >= 15 is 0 Å². The summed E-state index contributed by atoms with van der Waals surface area (Å²) in [5.74, 6) is 1.46. The Bertz CT molecular complexity index is 1440. The normalized spacial score (nSPS) is 13.6. The average Bonchev–Trinajstić information content (AvgIpc) is 3.40. The van der Waals surface area contributed by atoms with Gasteiger partial charge in [-0.15, -0.1) is 0 Å². The smallest absolute Gasteiger partial charge is 0.259 e. The average molecular weight is 486 g/mol. The van der Waals surface area contributed by atoms with Crippen LogP contribution in [0.1, 0.15) is 5.56 Å². The van der Waals surface area contributed by atoms with Gasteiger partial charge in [0, 0.05) is 44.0 Å². The van der Waals surface area contributed by atoms with Crippen molar-refractivity contribution >= 4 is 11.6 Å². The number of rotatable bonds is 6. The maximum Gasteiger partial charge on any atom is 0.259 e. The molecule has 184 valence electrons. The van der Waals surface area contributed by atoms with Gasteiger partial charge in [0.25, 0.3) is 11.4 Å². The fourth-order valence-electron chi connectivity index (χ4n) is 4.36. The van der Waals surface area contributed by atoms with Crippen molar-refractivity contribution in [2.75, 3.05) is 38.2 Å². The second-order valence-electron chi connectivity index (χ2n) is 8.72. The lowest BCUT2D eigenvalue weighted by atomic mass is 10.1. The van der Waals surface area contributed by atoms with Crippen LogP contribution < -0.4 is 15.2 Å². The number of para-hydroxylation sites is 2. The molecule has 1 saturated heterocycles. The molecule has 36 heavy (non-hydrogen) atoms. The number of hydrogen-bond acceptors (Lipinski definition) is 7. The van der Waals surface area contributed by atoms with E-state index in [9.17, 15) is 9.59 Å². The van der Waals surface area contributed by atoms with Gasteiger partial charge in [-0.25, -0.2) is 0 Å². The zero-order valence-electron chi connectivity index (χ0n) is 20.3. The maximum absolute atomic E-state index is 13.0. The third-order valence-electron chi connectivity index (χ3n) is 6.30. The van der Waals surface area contributed by atoms with Crippen LogP contribution in [-0.4, -0.2) is 58.8 Å². The molecule has 3 heterocycles. The Morgan fingerprint density at radius 1 is 1.00 bits per heavy atom. The van der Waals surface area contributed by atoms with Gasteiger partial charge >= 0.3 is 0 Å². The minimum atomic E-state index is -0.266. The molecule has 0 spiro atoms. The van der Waals surface area contributed by atoms with Gasteiger partial charge < -0.3 is 23.6 Å². The number of aryl methyl sites for hydroxylation is 1. The summed E-state index contributed by atoms with van der Waals surface area (Å²) in [5.41, 5.74) is 3.27. The summed E-state index contributed by atoms with van der Waals surface area (Å²) >= 11 is 0. The standard InChI is InChI=1S/C27H27N5O4/c1-19-6-5-7-20(16-19)26-28-27(36-29-26)21-10-11-24(33)32(17-21)18-25(34)31-14-12-30(13-15-31)22-8-3-4-9-23(22)35-2/h3-11,16-17H,12-15,18H2,1-2H3. The summed E-state index contributed by atoms with van der Waals surface area (Å²) in [6.45, 7) is 4.44. The van der Waals surface area contributed by atoms with E-state index in [1.165, 1.54) is 10.6 Å². The molecule has 1 amide bonds. The molecule has 1 aliphatic rings. The van der Waals surface area contributed by atoms with Crippen LogP contribution in [0.4, 0.5) is 5.69 Å². The lowest BCUT2D eigenvalue weighted by molar-refractivity contribution is -0.132. The van der Waals surface area contributed by atoms with Crippen LogP contribution in [0.2, 0.25) is 0 Å². The van der Waals surface area contributed by atoms with Crippen molar-refractivity contribution in [3.05, 3.63) is 82.8 Å². The summed E-state index contributed by atoms with van der Waals surface area (Å²) < 4.78 is 12.3. The van der Waals surface area contributed by atoms with Gasteiger partial charge in [-0.3, -0.25) is 9.59 Å². The number of carbonyl (C=O) groups is 1. The molecule has 0 unspecified atom stereocenters. The second kappa shape index (κ2) is 10.1. The molecular formula is C27H27N5O4. The molecule has 0 bridgehead atoms. The molecule has 4 aromatic rings. The van der Waals surface area contributed by atoms with Gasteiger partial charge in [0.15, 0.2) is 0 Å². The highest BCUT2D eigenvalue weighted by Crippen LogP contribution is 2.28. The van der Waals surface area contributed by atoms with Crippen molar-refractivity contribution in [3.8, 4) is 28.6 Å². The number of pyridine rings is 1. The van der Waals surface area contributed by atoms with Crippen molar-refractivity contribution in [2.24, 2.45) is 0 Å². The van der Waals surface area contributed by atoms with E-state index in [-0.39, 0.29) is 23.9 Å². The Labute approximate surface area is 208 Å². The summed E-state index contributed by atoms with van der Waals surface area (Å²) in [6, 6.07) is 18.7. The summed E-state index contributed by atoms with van der Waals surface area (Å²) in [5, 5.41) is 4.07. The van der Waals surface area contributed by atoms with E-state index in [0.29, 0.717) is 37.6 Å². The van der Waals surface area contributed by atoms with Crippen LogP contribution in [-0.2, 0) is 11.3 Å². The molecule has 9 heteroatoms. The molecule has 0 N–H and O–H groups in total. The van der Waals surface area contributed by atoms with Gasteiger partial charge in [-0.05, 0) is 31.2 Å². The van der Waals surface area contributed by atoms with Crippen LogP contribution in [0.25, 0.3) is 22.8 Å². The van der Waals surface area contributed by atoms with Crippen molar-refractivity contribution in [3.63, 3.8) is 0 Å². The van der Waals surface area contributed by atoms with Crippen LogP contribution in [0.5, 0.6) is 5.75 Å². The molecule has 0 saturated carbocycles. The van der Waals surface area contributed by atoms with E-state index in [1.54, 1.807) is 24.3 Å². The van der Waals surface area contributed by atoms with Gasteiger partial charge in [-0.2, -0.15) is 4.98 Å². The first-order valence-electron chi connectivity index (χ1n) is 11.8. The fraction of sp³-hybridized carbons (Fsp3) is 0.259. The first-order valence-corrected chi connectivity index (χ1v) is 11.8. The number of hydrogen-bond donors (Lipinski definition) is 0. The third kappa shape index (κ3) is 4.86. The number of benzene rings is 2. The number of carbonyl (C=O) groups excluding carboxylic acids is 1. The zero-order chi connectivity index (χ0) is 25.1. The molecule has 0 radical (unpaired) electrons. The maximum atomic E-state index is 13.0. The third-order valence-corrected chi connectivity index (χ3v) is 6.30. The lowest BCUT2D eigenvalue weighted by Gasteiger charge is -2.36. The van der Waals surface area contributed by atoms with Crippen molar-refractivity contribution in [1.82, 2.24) is 19.6 Å². The van der Waals surface area contributed by atoms with Crippen LogP contribution in [0.15, 0.2) is 76.2 Å². The van der Waals surface area contributed by atoms with Gasteiger partial charge in [-0.1, -0.05) is 41.1 Å². The predicted octanol–water partition coefficient (Wildman–Crippen LogP) is 3.23. The van der Waals surface area contributed by atoms with E-state index in [4.69, 9.17) is 9.26 Å². The van der Waals surface area contributed by atoms with Gasteiger partial charge in [0.2, 0.25) is 11.7 Å². The second-order valence-corrected chi connectivity index (χ2v) is 8.72. The van der Waals surface area contributed by atoms with E-state index in [0.717, 1.165) is 22.6 Å². The topological polar surface area (TPSA) is 93.7 Å². The Balaban J connectivity index is 1.27. The first kappa shape index (κ1) is 23.3. The van der Waals surface area contributed by atoms with Crippen molar-refractivity contribution < 1.29 is 14.1 Å². The van der Waals surface area contributed by atoms with E-state index < -0.39 is 0 Å². The van der Waals surface area contributed by atoms with Crippen molar-refractivity contribution in [2.45, 2.75) is 13.5 Å². The highest BCUT2D eigenvalue weighted by molar-refractivity contribution is 5.76. The Kier molecular flexibility index (Phi) is 6.53. The quantitative estimate of drug-likeness (QED) is 0.414. The zero-order valence-corrected chi connectivity index (χ0v) is 20.3. The summed E-state index contributed by atoms with van der Waals surface area (Å²) in [6.07, 6.45) is 1.60. The number of ether oxygens (including phenoxy) is 1. The Morgan fingerprint density at radius 2 is 1.81 bits per heavy atom. The molecule has 5 rings (SSSR count). The fourth-order valence-corrected chi connectivity index (χ4v) is 4.36. The van der Waals surface area contributed by atoms with Crippen LogP contribution in [0.3, 0.4) is 0 Å². The number of anilines is 1. The number of piperazine rings is 1. The first-order chi connectivity index (χ1) is 17.5. The van der Waals surface area contributed by atoms with Gasteiger partial charge in [0.1, 0.15) is 12.3 Å². The molecular weight excluding hydrogens is 458 g/mol. The summed E-state index contributed by atoms with van der Waals surface area (Å²) in [4.78, 5) is 34.0. The molecule has 2 aromatic heterocycles. The van der Waals surface area contributed by atoms with Crippen LogP contribution >= 0.6 is 0 Å². The number of nitrogens with zero attached hydrogens (tertiary/aromatic N) is 5. The minimum absolute atomic E-state index is 0.0554. The van der Waals surface area contributed by atoms with E-state index in [1.807, 2.05) is 55.5 Å². The van der Waals surface area contributed by atoms with Crippen LogP contribution in [0, 0.1) is 6.92 Å². The molecule has 0 atom stereocenters. The molecule has 9 nitrogen and oxygen atoms in total. The monoisotopic (exact) mass is 485 g/mol.